The van der Waals surface area contributed by atoms with Crippen molar-refractivity contribution >= 4 is 26.5 Å². The minimum Gasteiger partial charge on any atom is -0.393 e. The third-order valence-electron chi connectivity index (χ3n) is 3.46. The van der Waals surface area contributed by atoms with Crippen molar-refractivity contribution in [3.8, 4) is 0 Å². The van der Waals surface area contributed by atoms with Gasteiger partial charge in [0.25, 0.3) is 3.91 Å². The Bertz CT molecular complexity index is 394. The van der Waals surface area contributed by atoms with E-state index < -0.39 is 0 Å². The molecule has 3 nitrogen and oxygen atoms in total. The van der Waals surface area contributed by atoms with Crippen LogP contribution >= 0.6 is 22.6 Å². The molecule has 2 rings (SSSR count). The Hall–Kier alpha value is -0.620. The number of benzene rings is 1. The van der Waals surface area contributed by atoms with Gasteiger partial charge in [-0.15, -0.1) is 0 Å². The summed E-state index contributed by atoms with van der Waals surface area (Å²) in [4.78, 5) is 13.2. The summed E-state index contributed by atoms with van der Waals surface area (Å²) in [7, 11) is 0. The number of rotatable bonds is 2. The van der Waals surface area contributed by atoms with Gasteiger partial charge in [-0.05, 0) is 12.5 Å². The van der Waals surface area contributed by atoms with E-state index in [4.69, 9.17) is 0 Å². The summed E-state index contributed by atoms with van der Waals surface area (Å²) in [5.41, 5.74) is 1.21. The van der Waals surface area contributed by atoms with Crippen molar-refractivity contribution in [3.63, 3.8) is 0 Å². The highest BCUT2D eigenvalue weighted by Gasteiger charge is 2.37. The second-order valence-corrected chi connectivity index (χ2v) is 5.50. The van der Waals surface area contributed by atoms with Crippen molar-refractivity contribution in [1.82, 2.24) is 4.90 Å². The van der Waals surface area contributed by atoms with Gasteiger partial charge < -0.3 is 10.0 Å². The summed E-state index contributed by atoms with van der Waals surface area (Å²) in [6.07, 6.45) is -0.388. The average molecular weight is 345 g/mol. The number of amides is 1. The molecular weight excluding hydrogens is 329 g/mol. The van der Waals surface area contributed by atoms with Gasteiger partial charge in [-0.1, -0.05) is 30.3 Å². The average Bonchev–Trinajstić information content (AvgIpc) is 2.75. The molecule has 0 radical (unpaired) electrons. The fraction of sp³-hybridized carbons (Fsp3) is 0.462. The molecule has 0 aromatic heterocycles. The van der Waals surface area contributed by atoms with Crippen LogP contribution in [0.3, 0.4) is 0 Å². The van der Waals surface area contributed by atoms with E-state index in [1.807, 2.05) is 52.6 Å². The molecule has 3 atom stereocenters. The number of hydrogen-bond donors (Lipinski definition) is 1. The lowest BCUT2D eigenvalue weighted by atomic mass is 9.86. The number of carbonyl (C=O) groups excluding carboxylic acids is 1. The molecule has 0 bridgehead atoms. The van der Waals surface area contributed by atoms with Crippen LogP contribution in [0.4, 0.5) is 4.79 Å². The van der Waals surface area contributed by atoms with Gasteiger partial charge in [0.15, 0.2) is 0 Å². The molecule has 1 heterocycles. The highest BCUT2D eigenvalue weighted by atomic mass is 127. The van der Waals surface area contributed by atoms with Crippen LogP contribution in [-0.4, -0.2) is 33.1 Å². The molecule has 1 saturated heterocycles. The minimum atomic E-state index is -0.388. The number of aliphatic hydroxyl groups is 1. The van der Waals surface area contributed by atoms with Gasteiger partial charge in [-0.2, -0.15) is 0 Å². The van der Waals surface area contributed by atoms with Crippen molar-refractivity contribution in [1.29, 1.82) is 0 Å². The minimum absolute atomic E-state index is 0.0617. The predicted molar refractivity (Wildman–Crippen MR) is 75.3 cm³/mol. The first-order chi connectivity index (χ1) is 8.09. The zero-order valence-corrected chi connectivity index (χ0v) is 11.9. The van der Waals surface area contributed by atoms with Crippen LogP contribution in [0.15, 0.2) is 30.3 Å². The van der Waals surface area contributed by atoms with Crippen LogP contribution in [0.1, 0.15) is 18.4 Å². The fourth-order valence-electron chi connectivity index (χ4n) is 2.51. The SMILES string of the molecule is C[C@@H](O)C1CN(C(=O)I)C[C@H]1c1ccccc1. The standard InChI is InChI=1S/C13H16INO2/c1-9(16)11-7-15(13(14)17)8-12(11)10-5-3-2-4-6-10/h2-6,9,11-12,16H,7-8H2,1H3/t9-,11?,12+/m1/s1. The summed E-state index contributed by atoms with van der Waals surface area (Å²) in [5, 5.41) is 9.84. The molecule has 1 aliphatic heterocycles. The number of hydrogen-bond acceptors (Lipinski definition) is 2. The molecule has 1 unspecified atom stereocenters. The highest BCUT2D eigenvalue weighted by Crippen LogP contribution is 2.35. The van der Waals surface area contributed by atoms with Gasteiger partial charge in [0, 0.05) is 47.5 Å². The Morgan fingerprint density at radius 2 is 2.06 bits per heavy atom. The smallest absolute Gasteiger partial charge is 0.283 e. The molecule has 1 fully saturated rings. The molecule has 1 aromatic carbocycles. The van der Waals surface area contributed by atoms with Gasteiger partial charge in [0.1, 0.15) is 0 Å². The first-order valence-electron chi connectivity index (χ1n) is 5.77. The van der Waals surface area contributed by atoms with Crippen LogP contribution in [0.2, 0.25) is 0 Å². The monoisotopic (exact) mass is 345 g/mol. The van der Waals surface area contributed by atoms with Crippen molar-refractivity contribution in [2.75, 3.05) is 13.1 Å². The Labute approximate surface area is 115 Å². The van der Waals surface area contributed by atoms with E-state index in [1.165, 1.54) is 5.56 Å². The molecule has 92 valence electrons. The maximum atomic E-state index is 11.4. The second kappa shape index (κ2) is 5.35. The Kier molecular flexibility index (Phi) is 4.04. The second-order valence-electron chi connectivity index (χ2n) is 4.58. The van der Waals surface area contributed by atoms with E-state index in [0.717, 1.165) is 0 Å². The number of likely N-dealkylation sites (tertiary alicyclic amines) is 1. The predicted octanol–water partition coefficient (Wildman–Crippen LogP) is 2.64. The zero-order chi connectivity index (χ0) is 12.4. The first-order valence-corrected chi connectivity index (χ1v) is 6.85. The normalized spacial score (nSPS) is 25.9. The highest BCUT2D eigenvalue weighted by molar-refractivity contribution is 14.1. The van der Waals surface area contributed by atoms with Crippen LogP contribution in [0.25, 0.3) is 0 Å². The topological polar surface area (TPSA) is 40.5 Å². The van der Waals surface area contributed by atoms with Crippen molar-refractivity contribution < 1.29 is 9.90 Å². The maximum Gasteiger partial charge on any atom is 0.283 e. The molecular formula is C13H16INO2. The molecule has 1 aromatic rings. The van der Waals surface area contributed by atoms with Crippen molar-refractivity contribution in [3.05, 3.63) is 35.9 Å². The van der Waals surface area contributed by atoms with Gasteiger partial charge in [0.2, 0.25) is 0 Å². The van der Waals surface area contributed by atoms with Gasteiger partial charge in [-0.25, -0.2) is 0 Å². The lowest BCUT2D eigenvalue weighted by Gasteiger charge is -2.20. The van der Waals surface area contributed by atoms with Crippen LogP contribution in [0.5, 0.6) is 0 Å². The molecule has 0 saturated carbocycles. The van der Waals surface area contributed by atoms with Crippen molar-refractivity contribution in [2.45, 2.75) is 18.9 Å². The van der Waals surface area contributed by atoms with Crippen molar-refractivity contribution in [2.24, 2.45) is 5.92 Å². The van der Waals surface area contributed by atoms with E-state index >= 15 is 0 Å². The lowest BCUT2D eigenvalue weighted by Crippen LogP contribution is -2.26. The molecule has 1 aliphatic rings. The first kappa shape index (κ1) is 12.8. The fourth-order valence-corrected chi connectivity index (χ4v) is 2.91. The lowest BCUT2D eigenvalue weighted by molar-refractivity contribution is 0.123. The Balaban J connectivity index is 2.23. The molecule has 4 heteroatoms. The third-order valence-corrected chi connectivity index (χ3v) is 4.14. The molecule has 1 amide bonds. The number of halogens is 1. The zero-order valence-electron chi connectivity index (χ0n) is 9.71. The third kappa shape index (κ3) is 2.80. The van der Waals surface area contributed by atoms with Crippen LogP contribution in [-0.2, 0) is 0 Å². The summed E-state index contributed by atoms with van der Waals surface area (Å²) in [6, 6.07) is 10.1. The number of carbonyl (C=O) groups is 1. The quantitative estimate of drug-likeness (QED) is 0.509. The van der Waals surface area contributed by atoms with Gasteiger partial charge in [-0.3, -0.25) is 4.79 Å². The van der Waals surface area contributed by atoms with Crippen LogP contribution in [0, 0.1) is 5.92 Å². The van der Waals surface area contributed by atoms with E-state index in [2.05, 4.69) is 12.1 Å². The summed E-state index contributed by atoms with van der Waals surface area (Å²) in [5.74, 6) is 0.381. The van der Waals surface area contributed by atoms with E-state index in [-0.39, 0.29) is 21.9 Å². The van der Waals surface area contributed by atoms with E-state index in [1.54, 1.807) is 0 Å². The largest absolute Gasteiger partial charge is 0.393 e. The maximum absolute atomic E-state index is 11.4. The molecule has 1 N–H and O–H groups in total. The summed E-state index contributed by atoms with van der Waals surface area (Å²) >= 11 is 1.81. The molecule has 0 spiro atoms. The summed E-state index contributed by atoms with van der Waals surface area (Å²) < 4.78 is 0.0617. The number of aliphatic hydroxyl groups excluding tert-OH is 1. The Morgan fingerprint density at radius 1 is 1.41 bits per heavy atom. The van der Waals surface area contributed by atoms with E-state index in [9.17, 15) is 9.90 Å². The van der Waals surface area contributed by atoms with Gasteiger partial charge >= 0.3 is 0 Å². The van der Waals surface area contributed by atoms with Gasteiger partial charge in [0.05, 0.1) is 6.10 Å². The van der Waals surface area contributed by atoms with Crippen LogP contribution < -0.4 is 0 Å². The van der Waals surface area contributed by atoms with E-state index in [0.29, 0.717) is 13.1 Å². The molecule has 17 heavy (non-hydrogen) atoms. The summed E-state index contributed by atoms with van der Waals surface area (Å²) in [6.45, 7) is 3.17. The Morgan fingerprint density at radius 3 is 2.59 bits per heavy atom. The molecule has 0 aliphatic carbocycles. The number of nitrogens with zero attached hydrogens (tertiary/aromatic N) is 1.